The van der Waals surface area contributed by atoms with Gasteiger partial charge in [0.2, 0.25) is 10.0 Å². The lowest BCUT2D eigenvalue weighted by atomic mass is 10.1. The van der Waals surface area contributed by atoms with Crippen LogP contribution in [0, 0.1) is 0 Å². The number of ether oxygens (including phenoxy) is 1. The minimum atomic E-state index is -3.70. The van der Waals surface area contributed by atoms with E-state index < -0.39 is 16.0 Å². The van der Waals surface area contributed by atoms with Crippen LogP contribution in [0.4, 0.5) is 0 Å². The van der Waals surface area contributed by atoms with Crippen molar-refractivity contribution in [2.75, 3.05) is 39.8 Å². The fraction of sp³-hybridized carbons (Fsp3) is 0.625. The number of sulfonamides is 1. The van der Waals surface area contributed by atoms with Crippen molar-refractivity contribution in [2.24, 2.45) is 7.05 Å². The van der Waals surface area contributed by atoms with Crippen LogP contribution in [0.3, 0.4) is 0 Å². The highest BCUT2D eigenvalue weighted by atomic mass is 32.2. The number of carbonyl (C=O) groups is 1. The first-order chi connectivity index (χ1) is 21.5. The number of piperazine rings is 1. The van der Waals surface area contributed by atoms with Gasteiger partial charge in [-0.15, -0.1) is 0 Å². The van der Waals surface area contributed by atoms with Gasteiger partial charge in [0.05, 0.1) is 22.8 Å². The Morgan fingerprint density at radius 1 is 0.978 bits per heavy atom. The first kappa shape index (κ1) is 36.2. The number of carboxylic acid groups (broad SMARTS) is 1. The molecule has 4 rings (SSSR count). The molecule has 13 heteroatoms. The molecule has 1 aliphatic heterocycles. The van der Waals surface area contributed by atoms with Crippen molar-refractivity contribution in [2.45, 2.75) is 89.9 Å². The molecule has 1 aromatic carbocycles. The summed E-state index contributed by atoms with van der Waals surface area (Å²) >= 11 is 0. The lowest BCUT2D eigenvalue weighted by Crippen LogP contribution is -2.47. The van der Waals surface area contributed by atoms with E-state index in [9.17, 15) is 18.0 Å². The number of aromatic nitrogens is 4. The van der Waals surface area contributed by atoms with Crippen LogP contribution in [0.15, 0.2) is 27.9 Å². The van der Waals surface area contributed by atoms with Gasteiger partial charge in [-0.1, -0.05) is 58.8 Å². The quantitative estimate of drug-likeness (QED) is 0.222. The van der Waals surface area contributed by atoms with Crippen molar-refractivity contribution >= 4 is 27.0 Å². The monoisotopic (exact) mass is 646 g/mol. The maximum absolute atomic E-state index is 13.3. The topological polar surface area (TPSA) is 151 Å². The van der Waals surface area contributed by atoms with Crippen LogP contribution in [0.1, 0.15) is 84.3 Å². The number of hydrogen-bond acceptors (Lipinski definition) is 8. The van der Waals surface area contributed by atoms with Gasteiger partial charge < -0.3 is 19.7 Å². The normalized spacial score (nSPS) is 14.3. The van der Waals surface area contributed by atoms with Crippen molar-refractivity contribution in [3.05, 3.63) is 34.2 Å². The summed E-state index contributed by atoms with van der Waals surface area (Å²) in [6.45, 7) is 8.68. The van der Waals surface area contributed by atoms with E-state index in [1.807, 2.05) is 20.9 Å². The van der Waals surface area contributed by atoms with E-state index in [0.717, 1.165) is 25.0 Å². The van der Waals surface area contributed by atoms with E-state index in [1.165, 1.54) is 41.1 Å². The van der Waals surface area contributed by atoms with E-state index in [4.69, 9.17) is 14.8 Å². The SMILES string of the molecule is CCCCCCCCCC(=O)O.CCCc1nn(C)c2c(=O)[nH]c(-c3cc(S(=O)(=O)N4CCN(C)CC4)ccc3OCC)nc12. The molecule has 12 nitrogen and oxygen atoms in total. The van der Waals surface area contributed by atoms with E-state index in [-0.39, 0.29) is 16.3 Å². The van der Waals surface area contributed by atoms with Gasteiger partial charge in [-0.05, 0) is 45.0 Å². The lowest BCUT2D eigenvalue weighted by Gasteiger charge is -2.31. The summed E-state index contributed by atoms with van der Waals surface area (Å²) in [7, 11) is -0.00831. The number of fused-ring (bicyclic) bond motifs is 1. The molecule has 3 aromatic rings. The van der Waals surface area contributed by atoms with E-state index in [0.29, 0.717) is 68.0 Å². The third kappa shape index (κ3) is 9.85. The van der Waals surface area contributed by atoms with Crippen molar-refractivity contribution < 1.29 is 23.1 Å². The molecule has 0 aliphatic carbocycles. The summed E-state index contributed by atoms with van der Waals surface area (Å²) in [6, 6.07) is 4.71. The van der Waals surface area contributed by atoms with Crippen LogP contribution in [-0.2, 0) is 28.3 Å². The standard InChI is InChI=1S/C22H30N6O4S.C10H20O2/c1-5-7-17-19-20(27(4)25-17)22(29)24-21(23-19)16-14-15(8-9-18(16)32-6-2)33(30,31)28-12-10-26(3)11-13-28;1-2-3-4-5-6-7-8-9-10(11)12/h8-9,14H,5-7,10-13H2,1-4H3,(H,23,24,29);2-9H2,1H3,(H,11,12). The molecule has 0 bridgehead atoms. The van der Waals surface area contributed by atoms with Gasteiger partial charge in [-0.2, -0.15) is 9.40 Å². The Morgan fingerprint density at radius 3 is 2.27 bits per heavy atom. The Balaban J connectivity index is 0.000000392. The molecule has 0 unspecified atom stereocenters. The van der Waals surface area contributed by atoms with Gasteiger partial charge >= 0.3 is 5.97 Å². The van der Waals surface area contributed by atoms with Crippen LogP contribution >= 0.6 is 0 Å². The average Bonchev–Trinajstić information content (AvgIpc) is 3.32. The molecule has 0 saturated carbocycles. The number of aromatic amines is 1. The van der Waals surface area contributed by atoms with Crippen LogP contribution in [0.2, 0.25) is 0 Å². The van der Waals surface area contributed by atoms with E-state index in [1.54, 1.807) is 25.2 Å². The highest BCUT2D eigenvalue weighted by Gasteiger charge is 2.29. The molecule has 0 spiro atoms. The number of hydrogen-bond donors (Lipinski definition) is 2. The minimum absolute atomic E-state index is 0.147. The van der Waals surface area contributed by atoms with Gasteiger partial charge in [0, 0.05) is 39.6 Å². The molecule has 1 fully saturated rings. The van der Waals surface area contributed by atoms with Gasteiger partial charge in [0.1, 0.15) is 17.1 Å². The molecule has 1 aliphatic rings. The first-order valence-electron chi connectivity index (χ1n) is 16.2. The number of aryl methyl sites for hydroxylation is 2. The molecule has 0 radical (unpaired) electrons. The molecule has 1 saturated heterocycles. The summed E-state index contributed by atoms with van der Waals surface area (Å²) in [6.07, 6.45) is 10.2. The molecule has 2 N–H and O–H groups in total. The van der Waals surface area contributed by atoms with Crippen molar-refractivity contribution in [1.29, 1.82) is 0 Å². The third-order valence-corrected chi connectivity index (χ3v) is 9.74. The molecular formula is C32H50N6O6S. The number of carboxylic acids is 1. The van der Waals surface area contributed by atoms with E-state index >= 15 is 0 Å². The number of benzene rings is 1. The van der Waals surface area contributed by atoms with E-state index in [2.05, 4.69) is 21.9 Å². The lowest BCUT2D eigenvalue weighted by molar-refractivity contribution is -0.137. The Hall–Kier alpha value is -3.29. The van der Waals surface area contributed by atoms with Crippen molar-refractivity contribution in [3.63, 3.8) is 0 Å². The molecule has 0 atom stereocenters. The molecule has 3 heterocycles. The fourth-order valence-corrected chi connectivity index (χ4v) is 6.78. The Bertz CT molecular complexity index is 1560. The Kier molecular flexibility index (Phi) is 14.0. The molecule has 2 aromatic heterocycles. The number of nitrogens with one attached hydrogen (secondary N) is 1. The fourth-order valence-electron chi connectivity index (χ4n) is 5.33. The van der Waals surface area contributed by atoms with Gasteiger partial charge in [-0.25, -0.2) is 13.4 Å². The number of rotatable bonds is 15. The number of unbranched alkanes of at least 4 members (excludes halogenated alkanes) is 6. The second-order valence-electron chi connectivity index (χ2n) is 11.5. The first-order valence-corrected chi connectivity index (χ1v) is 17.6. The number of aliphatic carboxylic acids is 1. The summed E-state index contributed by atoms with van der Waals surface area (Å²) in [4.78, 5) is 32.8. The predicted octanol–water partition coefficient (Wildman–Crippen LogP) is 4.82. The van der Waals surface area contributed by atoms with Crippen LogP contribution in [0.5, 0.6) is 5.75 Å². The second kappa shape index (κ2) is 17.4. The highest BCUT2D eigenvalue weighted by molar-refractivity contribution is 7.89. The Morgan fingerprint density at radius 2 is 1.64 bits per heavy atom. The zero-order chi connectivity index (χ0) is 33.0. The van der Waals surface area contributed by atoms with Crippen LogP contribution in [0.25, 0.3) is 22.4 Å². The zero-order valence-electron chi connectivity index (χ0n) is 27.5. The zero-order valence-corrected chi connectivity index (χ0v) is 28.3. The van der Waals surface area contributed by atoms with Crippen LogP contribution < -0.4 is 10.3 Å². The summed E-state index contributed by atoms with van der Waals surface area (Å²) < 4.78 is 35.4. The predicted molar refractivity (Wildman–Crippen MR) is 176 cm³/mol. The number of H-pyrrole nitrogens is 1. The van der Waals surface area contributed by atoms with Gasteiger partial charge in [-0.3, -0.25) is 14.3 Å². The molecule has 0 amide bonds. The summed E-state index contributed by atoms with van der Waals surface area (Å²) in [5.74, 6) is 0.0542. The average molecular weight is 647 g/mol. The highest BCUT2D eigenvalue weighted by Crippen LogP contribution is 2.32. The minimum Gasteiger partial charge on any atom is -0.493 e. The number of nitrogens with zero attached hydrogens (tertiary/aromatic N) is 5. The molecule has 45 heavy (non-hydrogen) atoms. The number of likely N-dealkylation sites (N-methyl/N-ethyl adjacent to an activating group) is 1. The largest absolute Gasteiger partial charge is 0.493 e. The van der Waals surface area contributed by atoms with Crippen molar-refractivity contribution in [3.8, 4) is 17.1 Å². The maximum Gasteiger partial charge on any atom is 0.303 e. The summed E-state index contributed by atoms with van der Waals surface area (Å²) in [5.41, 5.74) is 1.75. The van der Waals surface area contributed by atoms with Crippen LogP contribution in [-0.4, -0.2) is 88.3 Å². The summed E-state index contributed by atoms with van der Waals surface area (Å²) in [5, 5.41) is 12.8. The smallest absolute Gasteiger partial charge is 0.303 e. The maximum atomic E-state index is 13.3. The van der Waals surface area contributed by atoms with Crippen molar-refractivity contribution in [1.82, 2.24) is 29.0 Å². The Labute approximate surface area is 266 Å². The molecular weight excluding hydrogens is 596 g/mol. The van der Waals surface area contributed by atoms with Gasteiger partial charge in [0.15, 0.2) is 5.52 Å². The molecule has 250 valence electrons. The van der Waals surface area contributed by atoms with Gasteiger partial charge in [0.25, 0.3) is 5.56 Å². The second-order valence-corrected chi connectivity index (χ2v) is 13.4. The third-order valence-electron chi connectivity index (χ3n) is 7.85.